The van der Waals surface area contributed by atoms with E-state index in [0.29, 0.717) is 0 Å². The number of hydrogen-bond acceptors (Lipinski definition) is 4. The SMILES string of the molecule is O=C(NCC(F)(F)CO)c1cncnc1. The van der Waals surface area contributed by atoms with Gasteiger partial charge in [-0.05, 0) is 0 Å². The molecule has 1 amide bonds. The Kier molecular flexibility index (Phi) is 3.62. The fourth-order valence-electron chi connectivity index (χ4n) is 0.784. The van der Waals surface area contributed by atoms with E-state index in [2.05, 4.69) is 9.97 Å². The summed E-state index contributed by atoms with van der Waals surface area (Å²) in [5.41, 5.74) is 0.0891. The summed E-state index contributed by atoms with van der Waals surface area (Å²) < 4.78 is 25.1. The van der Waals surface area contributed by atoms with Gasteiger partial charge in [0.25, 0.3) is 11.8 Å². The summed E-state index contributed by atoms with van der Waals surface area (Å²) in [6, 6.07) is 0. The first-order valence-electron chi connectivity index (χ1n) is 4.07. The number of aromatic nitrogens is 2. The summed E-state index contributed by atoms with van der Waals surface area (Å²) in [6.45, 7) is -2.23. The van der Waals surface area contributed by atoms with Gasteiger partial charge in [-0.1, -0.05) is 0 Å². The van der Waals surface area contributed by atoms with E-state index < -0.39 is 25.0 Å². The van der Waals surface area contributed by atoms with Gasteiger partial charge in [-0.25, -0.2) is 18.7 Å². The number of nitrogens with zero attached hydrogens (tertiary/aromatic N) is 2. The van der Waals surface area contributed by atoms with E-state index >= 15 is 0 Å². The van der Waals surface area contributed by atoms with Gasteiger partial charge in [0, 0.05) is 12.4 Å². The molecule has 0 aliphatic carbocycles. The van der Waals surface area contributed by atoms with Crippen molar-refractivity contribution in [3.8, 4) is 0 Å². The molecule has 1 rings (SSSR count). The summed E-state index contributed by atoms with van der Waals surface area (Å²) >= 11 is 0. The molecule has 5 nitrogen and oxygen atoms in total. The highest BCUT2D eigenvalue weighted by Gasteiger charge is 2.28. The minimum atomic E-state index is -3.31. The van der Waals surface area contributed by atoms with Crippen molar-refractivity contribution in [2.75, 3.05) is 13.2 Å². The van der Waals surface area contributed by atoms with Crippen molar-refractivity contribution in [1.29, 1.82) is 0 Å². The van der Waals surface area contributed by atoms with Gasteiger partial charge in [-0.15, -0.1) is 0 Å². The van der Waals surface area contributed by atoms with Crippen molar-refractivity contribution >= 4 is 5.91 Å². The molecule has 2 N–H and O–H groups in total. The van der Waals surface area contributed by atoms with Crippen LogP contribution in [0.25, 0.3) is 0 Å². The number of alkyl halides is 2. The van der Waals surface area contributed by atoms with Gasteiger partial charge < -0.3 is 10.4 Å². The molecule has 0 bridgehead atoms. The van der Waals surface area contributed by atoms with Crippen LogP contribution in [0.2, 0.25) is 0 Å². The summed E-state index contributed by atoms with van der Waals surface area (Å²) in [5.74, 6) is -4.02. The molecule has 0 unspecified atom stereocenters. The van der Waals surface area contributed by atoms with Crippen molar-refractivity contribution in [3.63, 3.8) is 0 Å². The number of amides is 1. The zero-order valence-electron chi connectivity index (χ0n) is 7.65. The third kappa shape index (κ3) is 3.55. The number of carbonyl (C=O) groups is 1. The average Bonchev–Trinajstić information content (AvgIpc) is 2.27. The Balaban J connectivity index is 2.51. The van der Waals surface area contributed by atoms with Crippen LogP contribution in [-0.4, -0.2) is 40.1 Å². The Morgan fingerprint density at radius 2 is 2.07 bits per heavy atom. The van der Waals surface area contributed by atoms with E-state index in [1.807, 2.05) is 5.32 Å². The predicted molar refractivity (Wildman–Crippen MR) is 46.4 cm³/mol. The smallest absolute Gasteiger partial charge is 0.287 e. The second-order valence-corrected chi connectivity index (χ2v) is 2.82. The molecule has 82 valence electrons. The quantitative estimate of drug-likeness (QED) is 0.734. The van der Waals surface area contributed by atoms with Gasteiger partial charge in [-0.2, -0.15) is 0 Å². The van der Waals surface area contributed by atoms with E-state index in [1.165, 1.54) is 18.7 Å². The van der Waals surface area contributed by atoms with Crippen LogP contribution in [0.4, 0.5) is 8.78 Å². The molecule has 0 saturated heterocycles. The van der Waals surface area contributed by atoms with Crippen molar-refractivity contribution in [3.05, 3.63) is 24.3 Å². The monoisotopic (exact) mass is 217 g/mol. The van der Waals surface area contributed by atoms with Crippen LogP contribution in [0.3, 0.4) is 0 Å². The van der Waals surface area contributed by atoms with E-state index in [-0.39, 0.29) is 5.56 Å². The lowest BCUT2D eigenvalue weighted by molar-refractivity contribution is -0.0462. The summed E-state index contributed by atoms with van der Waals surface area (Å²) in [6.07, 6.45) is 3.64. The number of aliphatic hydroxyl groups excluding tert-OH is 1. The van der Waals surface area contributed by atoms with Gasteiger partial charge in [0.2, 0.25) is 0 Å². The fourth-order valence-corrected chi connectivity index (χ4v) is 0.784. The number of hydrogen-bond donors (Lipinski definition) is 2. The van der Waals surface area contributed by atoms with Crippen LogP contribution in [0.1, 0.15) is 10.4 Å². The Morgan fingerprint density at radius 3 is 2.60 bits per heavy atom. The van der Waals surface area contributed by atoms with Gasteiger partial charge in [0.1, 0.15) is 12.9 Å². The van der Waals surface area contributed by atoms with Crippen LogP contribution >= 0.6 is 0 Å². The predicted octanol–water partition coefficient (Wildman–Crippen LogP) is -0.166. The first-order valence-corrected chi connectivity index (χ1v) is 4.07. The van der Waals surface area contributed by atoms with Crippen LogP contribution < -0.4 is 5.32 Å². The number of carbonyl (C=O) groups excluding carboxylic acids is 1. The maximum Gasteiger partial charge on any atom is 0.287 e. The highest BCUT2D eigenvalue weighted by Crippen LogP contribution is 2.09. The lowest BCUT2D eigenvalue weighted by atomic mass is 10.3. The van der Waals surface area contributed by atoms with Crippen molar-refractivity contribution in [2.45, 2.75) is 5.92 Å². The summed E-state index contributed by atoms with van der Waals surface area (Å²) in [7, 11) is 0. The van der Waals surface area contributed by atoms with Crippen LogP contribution in [0, 0.1) is 0 Å². The number of halogens is 2. The highest BCUT2D eigenvalue weighted by atomic mass is 19.3. The second-order valence-electron chi connectivity index (χ2n) is 2.82. The van der Waals surface area contributed by atoms with Crippen molar-refractivity contribution in [2.24, 2.45) is 0 Å². The minimum absolute atomic E-state index is 0.0891. The Bertz CT molecular complexity index is 332. The van der Waals surface area contributed by atoms with Crippen molar-refractivity contribution in [1.82, 2.24) is 15.3 Å². The van der Waals surface area contributed by atoms with E-state index in [4.69, 9.17) is 5.11 Å². The van der Waals surface area contributed by atoms with Gasteiger partial charge in [0.15, 0.2) is 0 Å². The van der Waals surface area contributed by atoms with Gasteiger partial charge >= 0.3 is 0 Å². The second kappa shape index (κ2) is 4.74. The van der Waals surface area contributed by atoms with E-state index in [9.17, 15) is 13.6 Å². The molecule has 7 heteroatoms. The first kappa shape index (κ1) is 11.4. The molecular weight excluding hydrogens is 208 g/mol. The topological polar surface area (TPSA) is 75.1 Å². The minimum Gasteiger partial charge on any atom is -0.390 e. The van der Waals surface area contributed by atoms with Crippen LogP contribution in [0.5, 0.6) is 0 Å². The van der Waals surface area contributed by atoms with Gasteiger partial charge in [-0.3, -0.25) is 4.79 Å². The van der Waals surface area contributed by atoms with E-state index in [1.54, 1.807) is 0 Å². The first-order chi connectivity index (χ1) is 7.05. The third-order valence-corrected chi connectivity index (χ3v) is 1.56. The Labute approximate surface area is 84.2 Å². The zero-order valence-corrected chi connectivity index (χ0v) is 7.65. The molecule has 0 saturated carbocycles. The maximum atomic E-state index is 12.5. The summed E-state index contributed by atoms with van der Waals surface area (Å²) in [4.78, 5) is 18.3. The molecule has 1 aromatic rings. The molecule has 1 heterocycles. The standard InChI is InChI=1S/C8H9F2N3O2/c9-8(10,4-14)3-13-7(15)6-1-11-5-12-2-6/h1-2,5,14H,3-4H2,(H,13,15). The number of rotatable bonds is 4. The van der Waals surface area contributed by atoms with Crippen molar-refractivity contribution < 1.29 is 18.7 Å². The molecule has 0 aliphatic rings. The summed E-state index contributed by atoms with van der Waals surface area (Å²) in [5, 5.41) is 10.2. The molecular formula is C8H9F2N3O2. The molecule has 1 aromatic heterocycles. The molecule has 0 atom stereocenters. The Morgan fingerprint density at radius 1 is 1.47 bits per heavy atom. The molecule has 0 radical (unpaired) electrons. The average molecular weight is 217 g/mol. The van der Waals surface area contributed by atoms with Crippen LogP contribution in [-0.2, 0) is 0 Å². The maximum absolute atomic E-state index is 12.5. The molecule has 0 aromatic carbocycles. The Hall–Kier alpha value is -1.63. The lowest BCUT2D eigenvalue weighted by Crippen LogP contribution is -2.39. The zero-order chi connectivity index (χ0) is 11.3. The largest absolute Gasteiger partial charge is 0.390 e. The highest BCUT2D eigenvalue weighted by molar-refractivity contribution is 5.93. The fraction of sp³-hybridized carbons (Fsp3) is 0.375. The van der Waals surface area contributed by atoms with Crippen LogP contribution in [0.15, 0.2) is 18.7 Å². The molecule has 0 spiro atoms. The number of aliphatic hydroxyl groups is 1. The van der Waals surface area contributed by atoms with E-state index in [0.717, 1.165) is 0 Å². The molecule has 0 aliphatic heterocycles. The third-order valence-electron chi connectivity index (χ3n) is 1.56. The normalized spacial score (nSPS) is 11.1. The lowest BCUT2D eigenvalue weighted by Gasteiger charge is -2.13. The van der Waals surface area contributed by atoms with Gasteiger partial charge in [0.05, 0.1) is 12.1 Å². The number of nitrogens with one attached hydrogen (secondary N) is 1. The molecule has 0 fully saturated rings. The molecule has 15 heavy (non-hydrogen) atoms.